The van der Waals surface area contributed by atoms with E-state index in [9.17, 15) is 0 Å². The molecule has 6 aromatic rings. The SMILES string of the molecule is Cc1ncnc(N2CCN(Cc3ccc(-n4c(-c5cccnc5N)nc5ccc(-c6ccccc6)nc54)cc3)C[C@@H]2C)n1. The maximum Gasteiger partial charge on any atom is 0.228 e. The number of aryl methyl sites for hydroxylation is 1. The molecule has 10 heteroatoms. The van der Waals surface area contributed by atoms with Crippen molar-refractivity contribution in [3.8, 4) is 28.3 Å². The van der Waals surface area contributed by atoms with Crippen LogP contribution in [-0.4, -0.2) is 65.0 Å². The summed E-state index contributed by atoms with van der Waals surface area (Å²) in [6.07, 6.45) is 3.28. The Morgan fingerprint density at radius 1 is 0.837 bits per heavy atom. The van der Waals surface area contributed by atoms with Crippen LogP contribution in [0.15, 0.2) is 91.4 Å². The highest BCUT2D eigenvalue weighted by Gasteiger charge is 2.26. The summed E-state index contributed by atoms with van der Waals surface area (Å²) in [7, 11) is 0. The number of hydrogen-bond acceptors (Lipinski definition) is 9. The second-order valence-electron chi connectivity index (χ2n) is 10.9. The van der Waals surface area contributed by atoms with Crippen LogP contribution in [0.1, 0.15) is 18.3 Å². The molecule has 0 aliphatic carbocycles. The topological polar surface area (TPSA) is 115 Å². The summed E-state index contributed by atoms with van der Waals surface area (Å²) in [6.45, 7) is 7.71. The number of fused-ring (bicyclic) bond motifs is 1. The predicted molar refractivity (Wildman–Crippen MR) is 169 cm³/mol. The minimum absolute atomic E-state index is 0.296. The summed E-state index contributed by atoms with van der Waals surface area (Å²) >= 11 is 0. The Morgan fingerprint density at radius 2 is 1.67 bits per heavy atom. The smallest absolute Gasteiger partial charge is 0.228 e. The zero-order valence-electron chi connectivity index (χ0n) is 24.2. The van der Waals surface area contributed by atoms with Crippen LogP contribution in [0.4, 0.5) is 11.8 Å². The van der Waals surface area contributed by atoms with E-state index in [4.69, 9.17) is 15.7 Å². The number of pyridine rings is 2. The average molecular weight is 569 g/mol. The van der Waals surface area contributed by atoms with Gasteiger partial charge in [-0.15, -0.1) is 0 Å². The van der Waals surface area contributed by atoms with Crippen molar-refractivity contribution in [1.29, 1.82) is 0 Å². The quantitative estimate of drug-likeness (QED) is 0.298. The summed E-state index contributed by atoms with van der Waals surface area (Å²) < 4.78 is 2.08. The first-order chi connectivity index (χ1) is 21.0. The molecule has 1 fully saturated rings. The molecule has 43 heavy (non-hydrogen) atoms. The first-order valence-corrected chi connectivity index (χ1v) is 14.4. The number of aromatic nitrogens is 7. The predicted octanol–water partition coefficient (Wildman–Crippen LogP) is 4.94. The number of nitrogens with zero attached hydrogens (tertiary/aromatic N) is 9. The van der Waals surface area contributed by atoms with Crippen LogP contribution in [-0.2, 0) is 6.54 Å². The zero-order valence-corrected chi connectivity index (χ0v) is 24.2. The highest BCUT2D eigenvalue weighted by Crippen LogP contribution is 2.32. The molecule has 0 spiro atoms. The molecule has 1 aliphatic heterocycles. The second kappa shape index (κ2) is 11.2. The summed E-state index contributed by atoms with van der Waals surface area (Å²) in [6, 6.07) is 27.0. The van der Waals surface area contributed by atoms with Gasteiger partial charge in [-0.3, -0.25) is 9.47 Å². The first-order valence-electron chi connectivity index (χ1n) is 14.4. The van der Waals surface area contributed by atoms with Crippen LogP contribution in [0, 0.1) is 6.92 Å². The van der Waals surface area contributed by atoms with E-state index in [0.717, 1.165) is 71.6 Å². The third-order valence-electron chi connectivity index (χ3n) is 7.90. The molecule has 1 aliphatic rings. The molecule has 214 valence electrons. The van der Waals surface area contributed by atoms with Crippen LogP contribution in [0.5, 0.6) is 0 Å². The number of rotatable bonds is 6. The van der Waals surface area contributed by atoms with Crippen molar-refractivity contribution in [1.82, 2.24) is 39.4 Å². The largest absolute Gasteiger partial charge is 0.383 e. The van der Waals surface area contributed by atoms with E-state index in [2.05, 4.69) is 77.6 Å². The highest BCUT2D eigenvalue weighted by molar-refractivity contribution is 5.84. The van der Waals surface area contributed by atoms with E-state index in [1.54, 1.807) is 12.5 Å². The van der Waals surface area contributed by atoms with Gasteiger partial charge in [-0.2, -0.15) is 4.98 Å². The van der Waals surface area contributed by atoms with E-state index in [-0.39, 0.29) is 0 Å². The Morgan fingerprint density at radius 3 is 2.44 bits per heavy atom. The molecule has 0 radical (unpaired) electrons. The summed E-state index contributed by atoms with van der Waals surface area (Å²) in [5.41, 5.74) is 12.8. The van der Waals surface area contributed by atoms with Crippen molar-refractivity contribution >= 4 is 22.9 Å². The molecular weight excluding hydrogens is 536 g/mol. The van der Waals surface area contributed by atoms with Crippen LogP contribution >= 0.6 is 0 Å². The van der Waals surface area contributed by atoms with E-state index < -0.39 is 0 Å². The average Bonchev–Trinajstić information content (AvgIpc) is 3.41. The third kappa shape index (κ3) is 5.28. The number of anilines is 2. The molecule has 0 unspecified atom stereocenters. The van der Waals surface area contributed by atoms with Gasteiger partial charge in [-0.05, 0) is 55.8 Å². The molecule has 0 saturated carbocycles. The maximum absolute atomic E-state index is 6.33. The van der Waals surface area contributed by atoms with Crippen LogP contribution < -0.4 is 10.6 Å². The number of piperazine rings is 1. The Labute approximate surface area is 249 Å². The molecule has 1 atom stereocenters. The Hall–Kier alpha value is -5.22. The summed E-state index contributed by atoms with van der Waals surface area (Å²) in [4.78, 5) is 32.2. The number of nitrogen functional groups attached to an aromatic ring is 1. The maximum atomic E-state index is 6.33. The molecule has 2 N–H and O–H groups in total. The van der Waals surface area contributed by atoms with Crippen molar-refractivity contribution in [3.05, 3.63) is 103 Å². The zero-order chi connectivity index (χ0) is 29.3. The number of imidazole rings is 1. The molecular formula is C33H32N10. The monoisotopic (exact) mass is 568 g/mol. The van der Waals surface area contributed by atoms with Crippen molar-refractivity contribution in [2.75, 3.05) is 30.3 Å². The molecule has 4 aromatic heterocycles. The lowest BCUT2D eigenvalue weighted by molar-refractivity contribution is 0.219. The molecule has 10 nitrogen and oxygen atoms in total. The number of benzene rings is 2. The Kier molecular flexibility index (Phi) is 6.96. The molecule has 2 aromatic carbocycles. The van der Waals surface area contributed by atoms with Gasteiger partial charge in [0.15, 0.2) is 11.5 Å². The fourth-order valence-electron chi connectivity index (χ4n) is 5.75. The second-order valence-corrected chi connectivity index (χ2v) is 10.9. The van der Waals surface area contributed by atoms with Gasteiger partial charge >= 0.3 is 0 Å². The van der Waals surface area contributed by atoms with Gasteiger partial charge in [0.2, 0.25) is 5.95 Å². The van der Waals surface area contributed by atoms with Crippen molar-refractivity contribution < 1.29 is 0 Å². The first kappa shape index (κ1) is 26.7. The standard InChI is InChI=1S/C33H32N10/c1-22-19-41(17-18-42(22)33-37-21-36-23(2)38-33)20-24-10-12-26(13-11-24)43-31(27-9-6-16-35-30(27)34)40-29-15-14-28(39-32(29)43)25-7-4-3-5-8-25/h3-16,21-22H,17-20H2,1-2H3,(H2,34,35)/t22-/m0/s1. The van der Waals surface area contributed by atoms with Crippen LogP contribution in [0.25, 0.3) is 39.5 Å². The number of hydrogen-bond donors (Lipinski definition) is 1. The highest BCUT2D eigenvalue weighted by atomic mass is 15.3. The molecule has 0 bridgehead atoms. The van der Waals surface area contributed by atoms with Gasteiger partial charge < -0.3 is 10.6 Å². The van der Waals surface area contributed by atoms with Gasteiger partial charge in [0, 0.05) is 49.7 Å². The lowest BCUT2D eigenvalue weighted by atomic mass is 10.1. The fraction of sp³-hybridized carbons (Fsp3) is 0.212. The lowest BCUT2D eigenvalue weighted by Gasteiger charge is -2.39. The Balaban J connectivity index is 1.19. The van der Waals surface area contributed by atoms with Gasteiger partial charge in [0.05, 0.1) is 11.3 Å². The van der Waals surface area contributed by atoms with E-state index in [0.29, 0.717) is 17.7 Å². The van der Waals surface area contributed by atoms with Gasteiger partial charge in [-0.25, -0.2) is 24.9 Å². The van der Waals surface area contributed by atoms with E-state index in [1.165, 1.54) is 5.56 Å². The third-order valence-corrected chi connectivity index (χ3v) is 7.90. The summed E-state index contributed by atoms with van der Waals surface area (Å²) in [5, 5.41) is 0. The molecule has 0 amide bonds. The van der Waals surface area contributed by atoms with Gasteiger partial charge in [0.25, 0.3) is 0 Å². The summed E-state index contributed by atoms with van der Waals surface area (Å²) in [5.74, 6) is 2.64. The van der Waals surface area contributed by atoms with Crippen LogP contribution in [0.2, 0.25) is 0 Å². The molecule has 7 rings (SSSR count). The van der Waals surface area contributed by atoms with Gasteiger partial charge in [0.1, 0.15) is 23.5 Å². The number of nitrogens with two attached hydrogens (primary N) is 1. The Bertz CT molecular complexity index is 1880. The minimum atomic E-state index is 0.296. The van der Waals surface area contributed by atoms with E-state index >= 15 is 0 Å². The fourth-order valence-corrected chi connectivity index (χ4v) is 5.75. The normalized spacial score (nSPS) is 15.7. The molecule has 5 heterocycles. The lowest BCUT2D eigenvalue weighted by Crippen LogP contribution is -2.52. The van der Waals surface area contributed by atoms with Crippen molar-refractivity contribution in [2.24, 2.45) is 0 Å². The molecule has 1 saturated heterocycles. The minimum Gasteiger partial charge on any atom is -0.383 e. The van der Waals surface area contributed by atoms with Crippen molar-refractivity contribution in [3.63, 3.8) is 0 Å². The van der Waals surface area contributed by atoms with Crippen molar-refractivity contribution in [2.45, 2.75) is 26.4 Å². The van der Waals surface area contributed by atoms with Gasteiger partial charge in [-0.1, -0.05) is 42.5 Å². The van der Waals surface area contributed by atoms with Crippen LogP contribution in [0.3, 0.4) is 0 Å². The van der Waals surface area contributed by atoms with E-state index in [1.807, 2.05) is 49.4 Å².